The topological polar surface area (TPSA) is 125 Å². The number of amides is 5. The molecule has 1 atom stereocenters. The number of carbonyl (C=O) groups excluding carboxylic acids is 5. The predicted molar refractivity (Wildman–Crippen MR) is 147 cm³/mol. The summed E-state index contributed by atoms with van der Waals surface area (Å²) in [6.07, 6.45) is 0.918. The molecule has 2 heterocycles. The van der Waals surface area contributed by atoms with E-state index in [0.717, 1.165) is 10.5 Å². The molecule has 1 saturated heterocycles. The second kappa shape index (κ2) is 12.3. The van der Waals surface area contributed by atoms with E-state index in [1.165, 1.54) is 0 Å². The Hall–Kier alpha value is -4.21. The van der Waals surface area contributed by atoms with Crippen LogP contribution in [0.2, 0.25) is 0 Å². The molecule has 5 amide bonds. The number of benzene rings is 2. The summed E-state index contributed by atoms with van der Waals surface area (Å²) < 4.78 is 5.17. The number of rotatable bonds is 8. The Labute approximate surface area is 234 Å². The van der Waals surface area contributed by atoms with Crippen LogP contribution in [-0.4, -0.2) is 77.3 Å². The molecule has 1 unspecified atom stereocenters. The SMILES string of the molecule is CC(C)(C)OC(=O)NCC(=O)N1CCC(CNC(=O)C(Cc2ccccc2)N2C(=O)c3ccccc3C2=O)CC1. The van der Waals surface area contributed by atoms with E-state index in [4.69, 9.17) is 4.74 Å². The molecule has 0 saturated carbocycles. The van der Waals surface area contributed by atoms with Gasteiger partial charge in [-0.1, -0.05) is 42.5 Å². The summed E-state index contributed by atoms with van der Waals surface area (Å²) in [4.78, 5) is 66.9. The fourth-order valence-electron chi connectivity index (χ4n) is 4.95. The van der Waals surface area contributed by atoms with E-state index in [-0.39, 0.29) is 24.8 Å². The lowest BCUT2D eigenvalue weighted by molar-refractivity contribution is -0.132. The second-order valence-electron chi connectivity index (χ2n) is 11.2. The number of hydrogen-bond acceptors (Lipinski definition) is 6. The maximum absolute atomic E-state index is 13.5. The van der Waals surface area contributed by atoms with E-state index >= 15 is 0 Å². The van der Waals surface area contributed by atoms with Gasteiger partial charge in [-0.05, 0) is 57.2 Å². The standard InChI is InChI=1S/C30H36N4O6/c1-30(2,3)40-29(39)32-19-25(35)33-15-13-21(14-16-33)18-31-26(36)24(17-20-9-5-4-6-10-20)34-27(37)22-11-7-8-12-23(22)28(34)38/h4-12,21,24H,13-19H2,1-3H3,(H,31,36)(H,32,39). The van der Waals surface area contributed by atoms with Crippen molar-refractivity contribution in [2.24, 2.45) is 5.92 Å². The van der Waals surface area contributed by atoms with Gasteiger partial charge in [0.25, 0.3) is 11.8 Å². The van der Waals surface area contributed by atoms with Crippen LogP contribution in [0.3, 0.4) is 0 Å². The fraction of sp³-hybridized carbons (Fsp3) is 0.433. The average Bonchev–Trinajstić information content (AvgIpc) is 3.18. The third-order valence-corrected chi connectivity index (χ3v) is 7.03. The van der Waals surface area contributed by atoms with Crippen LogP contribution in [-0.2, 0) is 20.7 Å². The minimum Gasteiger partial charge on any atom is -0.444 e. The van der Waals surface area contributed by atoms with Crippen molar-refractivity contribution < 1.29 is 28.7 Å². The van der Waals surface area contributed by atoms with Gasteiger partial charge in [-0.15, -0.1) is 0 Å². The highest BCUT2D eigenvalue weighted by atomic mass is 16.6. The van der Waals surface area contributed by atoms with Crippen LogP contribution in [0.25, 0.3) is 0 Å². The van der Waals surface area contributed by atoms with Crippen LogP contribution in [0, 0.1) is 5.92 Å². The molecule has 2 aliphatic rings. The molecule has 1 fully saturated rings. The number of ether oxygens (including phenoxy) is 1. The van der Waals surface area contributed by atoms with Gasteiger partial charge in [0, 0.05) is 26.1 Å². The molecule has 2 aromatic carbocycles. The first-order chi connectivity index (χ1) is 19.0. The van der Waals surface area contributed by atoms with Gasteiger partial charge in [0.2, 0.25) is 11.8 Å². The quantitative estimate of drug-likeness (QED) is 0.489. The minimum atomic E-state index is -0.990. The van der Waals surface area contributed by atoms with Crippen molar-refractivity contribution in [2.45, 2.75) is 51.7 Å². The van der Waals surface area contributed by atoms with E-state index in [1.54, 1.807) is 49.9 Å². The first-order valence-corrected chi connectivity index (χ1v) is 13.6. The third-order valence-electron chi connectivity index (χ3n) is 7.03. The van der Waals surface area contributed by atoms with E-state index in [1.807, 2.05) is 30.3 Å². The van der Waals surface area contributed by atoms with Crippen molar-refractivity contribution in [1.29, 1.82) is 0 Å². The number of hydrogen-bond donors (Lipinski definition) is 2. The van der Waals surface area contributed by atoms with Crippen molar-refractivity contribution in [1.82, 2.24) is 20.4 Å². The van der Waals surface area contributed by atoms with E-state index in [0.29, 0.717) is 43.6 Å². The monoisotopic (exact) mass is 548 g/mol. The van der Waals surface area contributed by atoms with Gasteiger partial charge in [0.15, 0.2) is 0 Å². The maximum Gasteiger partial charge on any atom is 0.408 e. The molecule has 0 radical (unpaired) electrons. The van der Waals surface area contributed by atoms with Crippen molar-refractivity contribution in [2.75, 3.05) is 26.2 Å². The van der Waals surface area contributed by atoms with Crippen LogP contribution in [0.1, 0.15) is 59.9 Å². The summed E-state index contributed by atoms with van der Waals surface area (Å²) in [6, 6.07) is 14.9. The summed E-state index contributed by atoms with van der Waals surface area (Å²) >= 11 is 0. The molecule has 10 nitrogen and oxygen atoms in total. The lowest BCUT2D eigenvalue weighted by atomic mass is 9.96. The average molecular weight is 549 g/mol. The molecule has 4 rings (SSSR count). The Kier molecular flexibility index (Phi) is 8.86. The fourth-order valence-corrected chi connectivity index (χ4v) is 4.95. The van der Waals surface area contributed by atoms with E-state index in [2.05, 4.69) is 10.6 Å². The Bertz CT molecular complexity index is 1230. The van der Waals surface area contributed by atoms with Crippen molar-refractivity contribution in [3.63, 3.8) is 0 Å². The molecule has 212 valence electrons. The zero-order valence-corrected chi connectivity index (χ0v) is 23.1. The largest absolute Gasteiger partial charge is 0.444 e. The zero-order chi connectivity index (χ0) is 28.9. The van der Waals surface area contributed by atoms with Gasteiger partial charge in [0.1, 0.15) is 18.2 Å². The van der Waals surface area contributed by atoms with Crippen LogP contribution >= 0.6 is 0 Å². The van der Waals surface area contributed by atoms with Gasteiger partial charge in [0.05, 0.1) is 11.1 Å². The minimum absolute atomic E-state index is 0.131. The lowest BCUT2D eigenvalue weighted by Crippen LogP contribution is -2.52. The van der Waals surface area contributed by atoms with Crippen LogP contribution in [0.15, 0.2) is 54.6 Å². The summed E-state index contributed by atoms with van der Waals surface area (Å²) in [6.45, 7) is 6.48. The van der Waals surface area contributed by atoms with Gasteiger partial charge in [-0.25, -0.2) is 4.79 Å². The molecule has 2 aliphatic heterocycles. The molecule has 10 heteroatoms. The van der Waals surface area contributed by atoms with Gasteiger partial charge in [-0.3, -0.25) is 24.1 Å². The summed E-state index contributed by atoms with van der Waals surface area (Å²) in [5, 5.41) is 5.45. The Morgan fingerprint density at radius 3 is 2.05 bits per heavy atom. The second-order valence-corrected chi connectivity index (χ2v) is 11.2. The molecule has 0 spiro atoms. The lowest BCUT2D eigenvalue weighted by Gasteiger charge is -2.33. The smallest absolute Gasteiger partial charge is 0.408 e. The molecule has 2 N–H and O–H groups in total. The van der Waals surface area contributed by atoms with Gasteiger partial charge >= 0.3 is 6.09 Å². The molecule has 0 aromatic heterocycles. The third kappa shape index (κ3) is 7.05. The molecular weight excluding hydrogens is 512 g/mol. The Balaban J connectivity index is 1.32. The molecule has 0 aliphatic carbocycles. The number of likely N-dealkylation sites (tertiary alicyclic amines) is 1. The summed E-state index contributed by atoms with van der Waals surface area (Å²) in [5.74, 6) is -1.39. The van der Waals surface area contributed by atoms with Crippen molar-refractivity contribution in [3.8, 4) is 0 Å². The van der Waals surface area contributed by atoms with E-state index < -0.39 is 35.5 Å². The highest BCUT2D eigenvalue weighted by molar-refractivity contribution is 6.22. The Morgan fingerprint density at radius 1 is 0.900 bits per heavy atom. The van der Waals surface area contributed by atoms with Gasteiger partial charge < -0.3 is 20.3 Å². The van der Waals surface area contributed by atoms with Crippen LogP contribution in [0.5, 0.6) is 0 Å². The zero-order valence-electron chi connectivity index (χ0n) is 23.1. The number of nitrogens with zero attached hydrogens (tertiary/aromatic N) is 2. The van der Waals surface area contributed by atoms with Crippen molar-refractivity contribution in [3.05, 3.63) is 71.3 Å². The molecule has 2 aromatic rings. The maximum atomic E-state index is 13.5. The number of alkyl carbamates (subject to hydrolysis) is 1. The molecule has 40 heavy (non-hydrogen) atoms. The number of imide groups is 1. The highest BCUT2D eigenvalue weighted by Gasteiger charge is 2.42. The van der Waals surface area contributed by atoms with Crippen LogP contribution < -0.4 is 10.6 Å². The van der Waals surface area contributed by atoms with Crippen LogP contribution in [0.4, 0.5) is 4.79 Å². The highest BCUT2D eigenvalue weighted by Crippen LogP contribution is 2.26. The van der Waals surface area contributed by atoms with Crippen molar-refractivity contribution >= 4 is 29.7 Å². The summed E-state index contributed by atoms with van der Waals surface area (Å²) in [7, 11) is 0. The Morgan fingerprint density at radius 2 is 1.48 bits per heavy atom. The predicted octanol–water partition coefficient (Wildman–Crippen LogP) is 2.77. The first-order valence-electron chi connectivity index (χ1n) is 13.6. The summed E-state index contributed by atoms with van der Waals surface area (Å²) in [5.41, 5.74) is 0.800. The number of carbonyl (C=O) groups is 5. The molecule has 0 bridgehead atoms. The number of fused-ring (bicyclic) bond motifs is 1. The number of piperidine rings is 1. The number of nitrogens with one attached hydrogen (secondary N) is 2. The first kappa shape index (κ1) is 28.8. The normalized spacial score (nSPS) is 16.4. The molecular formula is C30H36N4O6. The van der Waals surface area contributed by atoms with E-state index in [9.17, 15) is 24.0 Å². The van der Waals surface area contributed by atoms with Gasteiger partial charge in [-0.2, -0.15) is 0 Å².